The second kappa shape index (κ2) is 13.5. The molecule has 2 aromatic carbocycles. The number of nitrogens with one attached hydrogen (secondary N) is 1. The molecule has 0 aliphatic carbocycles. The number of hydrogen-bond donors (Lipinski definition) is 1. The second-order valence-electron chi connectivity index (χ2n) is 9.25. The highest BCUT2D eigenvalue weighted by Crippen LogP contribution is 2.26. The quantitative estimate of drug-likeness (QED) is 0.228. The third-order valence-electron chi connectivity index (χ3n) is 6.64. The number of H-pyrrole nitrogens is 1. The average Bonchev–Trinajstić information content (AvgIpc) is 3.14. The van der Waals surface area contributed by atoms with Crippen molar-refractivity contribution in [1.29, 1.82) is 0 Å². The Morgan fingerprint density at radius 1 is 0.533 bits per heavy atom. The lowest BCUT2D eigenvalue weighted by Crippen LogP contribution is -1.87. The molecule has 0 atom stereocenters. The Kier molecular flexibility index (Phi) is 10.3. The fourth-order valence-corrected chi connectivity index (χ4v) is 4.76. The lowest BCUT2D eigenvalue weighted by Gasteiger charge is -2.04. The van der Waals surface area contributed by atoms with Gasteiger partial charge in [0, 0.05) is 21.8 Å². The number of fused-ring (bicyclic) bond motifs is 3. The molecule has 0 aliphatic heterocycles. The molecule has 0 bridgehead atoms. The Morgan fingerprint density at radius 2 is 1.07 bits per heavy atom. The Bertz CT molecular complexity index is 844. The number of unbranched alkanes of at least 4 members (excludes halogenated alkanes) is 14. The van der Waals surface area contributed by atoms with Crippen molar-refractivity contribution in [2.45, 2.75) is 110 Å². The Hall–Kier alpha value is -1.76. The summed E-state index contributed by atoms with van der Waals surface area (Å²) < 4.78 is 0. The van der Waals surface area contributed by atoms with Crippen LogP contribution in [0.2, 0.25) is 0 Å². The van der Waals surface area contributed by atoms with Crippen LogP contribution < -0.4 is 0 Å². The summed E-state index contributed by atoms with van der Waals surface area (Å²) in [5, 5.41) is 2.69. The molecule has 3 rings (SSSR count). The van der Waals surface area contributed by atoms with Crippen LogP contribution in [0.5, 0.6) is 0 Å². The van der Waals surface area contributed by atoms with Crippen LogP contribution in [-0.4, -0.2) is 4.98 Å². The number of hydrogen-bond acceptors (Lipinski definition) is 0. The summed E-state index contributed by atoms with van der Waals surface area (Å²) in [4.78, 5) is 3.57. The zero-order valence-electron chi connectivity index (χ0n) is 19.4. The van der Waals surface area contributed by atoms with Crippen LogP contribution in [0, 0.1) is 0 Å². The number of aryl methyl sites for hydroxylation is 1. The standard InChI is InChI=1S/C29H43N/c1-2-3-4-5-6-7-8-9-10-11-12-13-14-15-16-19-25-22-23-27-26-20-17-18-21-28(26)30-29(27)24-25/h17-18,20-24,30H,2-16,19H2,1H3. The monoisotopic (exact) mass is 405 g/mol. The predicted molar refractivity (Wildman–Crippen MR) is 134 cm³/mol. The van der Waals surface area contributed by atoms with Crippen LogP contribution in [0.15, 0.2) is 42.5 Å². The van der Waals surface area contributed by atoms with Crippen LogP contribution in [0.3, 0.4) is 0 Å². The zero-order chi connectivity index (χ0) is 20.9. The summed E-state index contributed by atoms with van der Waals surface area (Å²) in [6.45, 7) is 2.30. The molecule has 0 saturated heterocycles. The molecule has 0 unspecified atom stereocenters. The van der Waals surface area contributed by atoms with Gasteiger partial charge in [-0.3, -0.25) is 0 Å². The first-order valence-electron chi connectivity index (χ1n) is 12.9. The molecular formula is C29H43N. The van der Waals surface area contributed by atoms with E-state index in [1.807, 2.05) is 0 Å². The number of rotatable bonds is 16. The van der Waals surface area contributed by atoms with Crippen molar-refractivity contribution in [2.75, 3.05) is 0 Å². The van der Waals surface area contributed by atoms with Gasteiger partial charge < -0.3 is 4.98 Å². The Labute approximate surface area is 184 Å². The van der Waals surface area contributed by atoms with Crippen LogP contribution in [-0.2, 0) is 6.42 Å². The largest absolute Gasteiger partial charge is 0.355 e. The highest BCUT2D eigenvalue weighted by Gasteiger charge is 2.04. The molecule has 0 spiro atoms. The van der Waals surface area contributed by atoms with Crippen molar-refractivity contribution in [3.63, 3.8) is 0 Å². The third-order valence-corrected chi connectivity index (χ3v) is 6.64. The van der Waals surface area contributed by atoms with Crippen molar-refractivity contribution in [3.8, 4) is 0 Å². The smallest absolute Gasteiger partial charge is 0.0467 e. The topological polar surface area (TPSA) is 15.8 Å². The summed E-state index contributed by atoms with van der Waals surface area (Å²) in [5.74, 6) is 0. The van der Waals surface area contributed by atoms with Crippen LogP contribution in [0.1, 0.15) is 109 Å². The molecule has 1 heterocycles. The molecule has 0 aliphatic rings. The first kappa shape index (κ1) is 22.9. The first-order chi connectivity index (χ1) is 14.9. The molecule has 3 aromatic rings. The van der Waals surface area contributed by atoms with Crippen LogP contribution in [0.25, 0.3) is 21.8 Å². The zero-order valence-corrected chi connectivity index (χ0v) is 19.4. The molecule has 1 heteroatoms. The molecule has 30 heavy (non-hydrogen) atoms. The molecule has 0 amide bonds. The van der Waals surface area contributed by atoms with Crippen molar-refractivity contribution in [2.24, 2.45) is 0 Å². The van der Waals surface area contributed by atoms with Gasteiger partial charge in [0.2, 0.25) is 0 Å². The minimum absolute atomic E-state index is 1.21. The second-order valence-corrected chi connectivity index (χ2v) is 9.25. The van der Waals surface area contributed by atoms with Crippen LogP contribution in [0.4, 0.5) is 0 Å². The minimum atomic E-state index is 1.21. The minimum Gasteiger partial charge on any atom is -0.355 e. The predicted octanol–water partition coefficient (Wildman–Crippen LogP) is 9.73. The third kappa shape index (κ3) is 7.49. The van der Waals surface area contributed by atoms with E-state index < -0.39 is 0 Å². The van der Waals surface area contributed by atoms with E-state index in [0.29, 0.717) is 0 Å². The molecule has 1 nitrogen and oxygen atoms in total. The molecule has 0 fully saturated rings. The Balaban J connectivity index is 1.19. The van der Waals surface area contributed by atoms with E-state index in [9.17, 15) is 0 Å². The van der Waals surface area contributed by atoms with Gasteiger partial charge in [0.15, 0.2) is 0 Å². The molecule has 164 valence electrons. The Morgan fingerprint density at radius 3 is 1.70 bits per heavy atom. The molecule has 1 aromatic heterocycles. The molecule has 0 saturated carbocycles. The van der Waals surface area contributed by atoms with Crippen molar-refractivity contribution in [3.05, 3.63) is 48.0 Å². The van der Waals surface area contributed by atoms with E-state index in [-0.39, 0.29) is 0 Å². The summed E-state index contributed by atoms with van der Waals surface area (Å²) in [5.41, 5.74) is 4.01. The van der Waals surface area contributed by atoms with E-state index >= 15 is 0 Å². The van der Waals surface area contributed by atoms with Gasteiger partial charge in [-0.25, -0.2) is 0 Å². The van der Waals surface area contributed by atoms with Crippen molar-refractivity contribution < 1.29 is 0 Å². The van der Waals surface area contributed by atoms with E-state index in [0.717, 1.165) is 0 Å². The number of aromatic amines is 1. The van der Waals surface area contributed by atoms with Gasteiger partial charge in [-0.15, -0.1) is 0 Å². The van der Waals surface area contributed by atoms with E-state index in [2.05, 4.69) is 54.4 Å². The van der Waals surface area contributed by atoms with E-state index in [1.165, 1.54) is 130 Å². The van der Waals surface area contributed by atoms with Gasteiger partial charge in [0.05, 0.1) is 0 Å². The SMILES string of the molecule is CCCCCCCCCCCCCCCCCc1ccc2c(c1)[nH]c1ccccc12. The lowest BCUT2D eigenvalue weighted by atomic mass is 10.0. The van der Waals surface area contributed by atoms with Gasteiger partial charge in [0.1, 0.15) is 0 Å². The van der Waals surface area contributed by atoms with Gasteiger partial charge in [-0.1, -0.05) is 127 Å². The molecule has 0 radical (unpaired) electrons. The summed E-state index contributed by atoms with van der Waals surface area (Å²) in [7, 11) is 0. The summed E-state index contributed by atoms with van der Waals surface area (Å²) >= 11 is 0. The van der Waals surface area contributed by atoms with Gasteiger partial charge >= 0.3 is 0 Å². The lowest BCUT2D eigenvalue weighted by molar-refractivity contribution is 0.532. The highest BCUT2D eigenvalue weighted by molar-refractivity contribution is 6.07. The maximum atomic E-state index is 3.57. The molecule has 1 N–H and O–H groups in total. The van der Waals surface area contributed by atoms with Gasteiger partial charge in [0.25, 0.3) is 0 Å². The van der Waals surface area contributed by atoms with Crippen molar-refractivity contribution in [1.82, 2.24) is 4.98 Å². The van der Waals surface area contributed by atoms with E-state index in [1.54, 1.807) is 0 Å². The summed E-state index contributed by atoms with van der Waals surface area (Å²) in [6, 6.07) is 15.6. The maximum absolute atomic E-state index is 3.57. The number of aromatic nitrogens is 1. The summed E-state index contributed by atoms with van der Waals surface area (Å²) in [6.07, 6.45) is 22.7. The number of benzene rings is 2. The average molecular weight is 406 g/mol. The number of para-hydroxylation sites is 1. The van der Waals surface area contributed by atoms with Gasteiger partial charge in [-0.05, 0) is 30.5 Å². The van der Waals surface area contributed by atoms with Gasteiger partial charge in [-0.2, -0.15) is 0 Å². The van der Waals surface area contributed by atoms with Crippen LogP contribution >= 0.6 is 0 Å². The van der Waals surface area contributed by atoms with Crippen molar-refractivity contribution >= 4 is 21.8 Å². The fraction of sp³-hybridized carbons (Fsp3) is 0.586. The highest BCUT2D eigenvalue weighted by atomic mass is 14.7. The first-order valence-corrected chi connectivity index (χ1v) is 12.9. The normalized spacial score (nSPS) is 11.6. The maximum Gasteiger partial charge on any atom is 0.0467 e. The fourth-order valence-electron chi connectivity index (χ4n) is 4.76. The molecular weight excluding hydrogens is 362 g/mol. The van der Waals surface area contributed by atoms with E-state index in [4.69, 9.17) is 0 Å².